The second-order valence-electron chi connectivity index (χ2n) is 4.46. The van der Waals surface area contributed by atoms with Crippen molar-refractivity contribution in [3.63, 3.8) is 0 Å². The Morgan fingerprint density at radius 3 is 2.65 bits per heavy atom. The predicted molar refractivity (Wildman–Crippen MR) is 73.3 cm³/mol. The summed E-state index contributed by atoms with van der Waals surface area (Å²) in [6, 6.07) is 5.09. The van der Waals surface area contributed by atoms with Crippen molar-refractivity contribution in [2.45, 2.75) is 27.4 Å². The monoisotopic (exact) mass is 275 g/mol. The fourth-order valence-electron chi connectivity index (χ4n) is 1.78. The van der Waals surface area contributed by atoms with Crippen molar-refractivity contribution in [1.29, 1.82) is 0 Å². The number of carbonyl (C=O) groups excluding carboxylic acids is 1. The number of benzene rings is 1. The van der Waals surface area contributed by atoms with Crippen molar-refractivity contribution >= 4 is 5.78 Å². The molecule has 0 N–H and O–H groups in total. The minimum atomic E-state index is -0.0672. The van der Waals surface area contributed by atoms with Gasteiger partial charge in [-0.1, -0.05) is 0 Å². The Morgan fingerprint density at radius 2 is 2.10 bits per heavy atom. The number of methoxy groups -OCH3 is 1. The number of oxazole rings is 1. The second-order valence-corrected chi connectivity index (χ2v) is 4.46. The van der Waals surface area contributed by atoms with Crippen LogP contribution in [0.5, 0.6) is 11.5 Å². The number of ether oxygens (including phenoxy) is 2. The molecule has 2 rings (SSSR count). The van der Waals surface area contributed by atoms with Crippen LogP contribution in [0.25, 0.3) is 0 Å². The first kappa shape index (κ1) is 14.1. The zero-order valence-electron chi connectivity index (χ0n) is 12.0. The molecular weight excluding hydrogens is 258 g/mol. The normalized spacial score (nSPS) is 10.4. The van der Waals surface area contributed by atoms with E-state index in [1.54, 1.807) is 25.3 Å². The third kappa shape index (κ3) is 2.99. The van der Waals surface area contributed by atoms with Crippen LogP contribution in [-0.4, -0.2) is 17.9 Å². The molecule has 0 fully saturated rings. The summed E-state index contributed by atoms with van der Waals surface area (Å²) in [5, 5.41) is 0. The lowest BCUT2D eigenvalue weighted by Crippen LogP contribution is -2.02. The highest BCUT2D eigenvalue weighted by Gasteiger charge is 2.12. The first-order valence-corrected chi connectivity index (χ1v) is 6.26. The van der Waals surface area contributed by atoms with Crippen LogP contribution in [0.2, 0.25) is 0 Å². The van der Waals surface area contributed by atoms with E-state index in [2.05, 4.69) is 4.98 Å². The van der Waals surface area contributed by atoms with Crippen LogP contribution in [-0.2, 0) is 6.61 Å². The molecule has 0 aliphatic rings. The van der Waals surface area contributed by atoms with E-state index in [0.29, 0.717) is 23.0 Å². The summed E-state index contributed by atoms with van der Waals surface area (Å²) in [4.78, 5) is 15.8. The number of hydrogen-bond acceptors (Lipinski definition) is 5. The molecule has 0 aliphatic heterocycles. The molecule has 0 amide bonds. The van der Waals surface area contributed by atoms with Gasteiger partial charge in [0.05, 0.1) is 18.4 Å². The van der Waals surface area contributed by atoms with Gasteiger partial charge in [-0.25, -0.2) is 4.98 Å². The highest BCUT2D eigenvalue weighted by Crippen LogP contribution is 2.26. The Balaban J connectivity index is 2.20. The van der Waals surface area contributed by atoms with E-state index < -0.39 is 0 Å². The average Bonchev–Trinajstić information content (AvgIpc) is 2.75. The van der Waals surface area contributed by atoms with Crippen LogP contribution in [0.15, 0.2) is 22.6 Å². The molecule has 0 unspecified atom stereocenters. The van der Waals surface area contributed by atoms with E-state index in [0.717, 1.165) is 11.5 Å². The zero-order chi connectivity index (χ0) is 14.7. The Bertz CT molecular complexity index is 611. The number of ketones is 1. The molecule has 106 valence electrons. The van der Waals surface area contributed by atoms with Crippen molar-refractivity contribution in [3.05, 3.63) is 41.1 Å². The topological polar surface area (TPSA) is 61.6 Å². The number of Topliss-reactive ketones (excluding diaryl/α,β-unsaturated/α-hetero) is 1. The van der Waals surface area contributed by atoms with Gasteiger partial charge in [-0.3, -0.25) is 4.79 Å². The summed E-state index contributed by atoms with van der Waals surface area (Å²) in [7, 11) is 1.56. The molecule has 1 aromatic carbocycles. The molecule has 20 heavy (non-hydrogen) atoms. The van der Waals surface area contributed by atoms with Gasteiger partial charge in [-0.05, 0) is 32.9 Å². The Morgan fingerprint density at radius 1 is 1.35 bits per heavy atom. The van der Waals surface area contributed by atoms with Crippen LogP contribution in [0, 0.1) is 13.8 Å². The molecule has 2 aromatic rings. The van der Waals surface area contributed by atoms with E-state index in [1.807, 2.05) is 13.8 Å². The second kappa shape index (κ2) is 5.77. The van der Waals surface area contributed by atoms with Crippen molar-refractivity contribution in [2.24, 2.45) is 0 Å². The van der Waals surface area contributed by atoms with Gasteiger partial charge in [0.25, 0.3) is 0 Å². The van der Waals surface area contributed by atoms with Gasteiger partial charge in [-0.15, -0.1) is 0 Å². The maximum Gasteiger partial charge on any atom is 0.232 e. The number of nitrogens with zero attached hydrogens (tertiary/aromatic N) is 1. The van der Waals surface area contributed by atoms with Crippen LogP contribution < -0.4 is 9.47 Å². The third-order valence-corrected chi connectivity index (χ3v) is 2.99. The average molecular weight is 275 g/mol. The van der Waals surface area contributed by atoms with Crippen LogP contribution in [0.4, 0.5) is 0 Å². The van der Waals surface area contributed by atoms with Gasteiger partial charge < -0.3 is 13.9 Å². The van der Waals surface area contributed by atoms with Crippen LogP contribution in [0.3, 0.4) is 0 Å². The SMILES string of the molecule is COc1ccc(C(C)=O)c(OCc2nc(C)c(C)o2)c1. The minimum Gasteiger partial charge on any atom is -0.497 e. The molecular formula is C15H17NO4. The highest BCUT2D eigenvalue weighted by molar-refractivity contribution is 5.97. The predicted octanol–water partition coefficient (Wildman–Crippen LogP) is 3.08. The van der Waals surface area contributed by atoms with Crippen molar-refractivity contribution in [2.75, 3.05) is 7.11 Å². The van der Waals surface area contributed by atoms with Gasteiger partial charge >= 0.3 is 0 Å². The molecule has 0 saturated heterocycles. The number of carbonyl (C=O) groups is 1. The van der Waals surface area contributed by atoms with Crippen molar-refractivity contribution < 1.29 is 18.7 Å². The van der Waals surface area contributed by atoms with Crippen LogP contribution in [0.1, 0.15) is 34.6 Å². The quantitative estimate of drug-likeness (QED) is 0.785. The molecule has 5 nitrogen and oxygen atoms in total. The summed E-state index contributed by atoms with van der Waals surface area (Å²) in [6.45, 7) is 5.38. The van der Waals surface area contributed by atoms with Gasteiger partial charge in [0.1, 0.15) is 17.3 Å². The summed E-state index contributed by atoms with van der Waals surface area (Å²) in [5.74, 6) is 2.27. The summed E-state index contributed by atoms with van der Waals surface area (Å²) in [5.41, 5.74) is 1.34. The first-order valence-electron chi connectivity index (χ1n) is 6.26. The van der Waals surface area contributed by atoms with Gasteiger partial charge in [-0.2, -0.15) is 0 Å². The maximum atomic E-state index is 11.6. The Hall–Kier alpha value is -2.30. The zero-order valence-corrected chi connectivity index (χ0v) is 12.0. The van der Waals surface area contributed by atoms with E-state index in [4.69, 9.17) is 13.9 Å². The van der Waals surface area contributed by atoms with E-state index >= 15 is 0 Å². The van der Waals surface area contributed by atoms with E-state index in [-0.39, 0.29) is 12.4 Å². The Labute approximate surface area is 117 Å². The number of aromatic nitrogens is 1. The van der Waals surface area contributed by atoms with Crippen LogP contribution >= 0.6 is 0 Å². The van der Waals surface area contributed by atoms with Gasteiger partial charge in [0.2, 0.25) is 5.89 Å². The standard InChI is InChI=1S/C15H17NO4/c1-9-11(3)20-15(16-9)8-19-14-7-12(18-4)5-6-13(14)10(2)17/h5-7H,8H2,1-4H3. The fraction of sp³-hybridized carbons (Fsp3) is 0.333. The largest absolute Gasteiger partial charge is 0.497 e. The fourth-order valence-corrected chi connectivity index (χ4v) is 1.78. The Kier molecular flexibility index (Phi) is 4.08. The van der Waals surface area contributed by atoms with Crippen molar-refractivity contribution in [1.82, 2.24) is 4.98 Å². The lowest BCUT2D eigenvalue weighted by atomic mass is 10.1. The van der Waals surface area contributed by atoms with E-state index in [9.17, 15) is 4.79 Å². The molecule has 1 aromatic heterocycles. The smallest absolute Gasteiger partial charge is 0.232 e. The number of hydrogen-bond donors (Lipinski definition) is 0. The molecule has 5 heteroatoms. The third-order valence-electron chi connectivity index (χ3n) is 2.99. The number of aryl methyl sites for hydroxylation is 2. The lowest BCUT2D eigenvalue weighted by molar-refractivity contribution is 0.101. The van der Waals surface area contributed by atoms with Crippen molar-refractivity contribution in [3.8, 4) is 11.5 Å². The summed E-state index contributed by atoms with van der Waals surface area (Å²) >= 11 is 0. The molecule has 0 radical (unpaired) electrons. The molecule has 0 saturated carbocycles. The minimum absolute atomic E-state index is 0.0672. The van der Waals surface area contributed by atoms with Gasteiger partial charge in [0, 0.05) is 6.07 Å². The number of rotatable bonds is 5. The molecule has 0 aliphatic carbocycles. The lowest BCUT2D eigenvalue weighted by Gasteiger charge is -2.10. The summed E-state index contributed by atoms with van der Waals surface area (Å²) in [6.07, 6.45) is 0. The molecule has 0 bridgehead atoms. The maximum absolute atomic E-state index is 11.6. The van der Waals surface area contributed by atoms with Gasteiger partial charge in [0.15, 0.2) is 12.4 Å². The molecule has 0 spiro atoms. The summed E-state index contributed by atoms with van der Waals surface area (Å²) < 4.78 is 16.2. The molecule has 0 atom stereocenters. The first-order chi connectivity index (χ1) is 9.51. The molecule has 1 heterocycles. The highest BCUT2D eigenvalue weighted by atomic mass is 16.5. The van der Waals surface area contributed by atoms with E-state index in [1.165, 1.54) is 6.92 Å².